The Morgan fingerprint density at radius 2 is 1.57 bits per heavy atom. The maximum Gasteiger partial charge on any atom is 0.560 e. The molecule has 0 unspecified atom stereocenters. The first-order valence-electron chi connectivity index (χ1n) is 3.39. The van der Waals surface area contributed by atoms with Crippen LogP contribution in [-0.2, 0) is 9.61 Å². The lowest BCUT2D eigenvalue weighted by Gasteiger charge is -2.08. The molecular weight excluding hydrogens is 201 g/mol. The van der Waals surface area contributed by atoms with Crippen LogP contribution in [0.3, 0.4) is 0 Å². The van der Waals surface area contributed by atoms with Gasteiger partial charge in [0.05, 0.1) is 5.46 Å². The maximum absolute atomic E-state index is 12.9. The van der Waals surface area contributed by atoms with Gasteiger partial charge in [-0.15, -0.1) is 0 Å². The molecule has 5 nitrogen and oxygen atoms in total. The lowest BCUT2D eigenvalue weighted by Crippen LogP contribution is -2.38. The Kier molecular flexibility index (Phi) is 3.36. The molecule has 1 aromatic rings. The zero-order valence-corrected chi connectivity index (χ0v) is 6.65. The average molecular weight is 206 g/mol. The van der Waals surface area contributed by atoms with Crippen LogP contribution in [0.2, 0.25) is 0 Å². The minimum absolute atomic E-state index is 0.667. The summed E-state index contributed by atoms with van der Waals surface area (Å²) >= 11 is 0. The Morgan fingerprint density at radius 3 is 2.07 bits per heavy atom. The molecule has 0 amide bonds. The number of halogens is 2. The van der Waals surface area contributed by atoms with Gasteiger partial charge in [-0.05, 0) is 12.1 Å². The van der Waals surface area contributed by atoms with E-state index in [4.69, 9.17) is 15.6 Å². The number of aromatic hydroxyl groups is 1. The van der Waals surface area contributed by atoms with E-state index in [0.717, 1.165) is 0 Å². The molecule has 0 spiro atoms. The van der Waals surface area contributed by atoms with Gasteiger partial charge in [0.1, 0.15) is 5.82 Å². The van der Waals surface area contributed by atoms with E-state index in [1.54, 1.807) is 0 Å². The van der Waals surface area contributed by atoms with Gasteiger partial charge in [0.2, 0.25) is 0 Å². The number of hydrogen-bond acceptors (Lipinski definition) is 5. The summed E-state index contributed by atoms with van der Waals surface area (Å²) in [5.41, 5.74) is -0.838. The lowest BCUT2D eigenvalue weighted by atomic mass is 9.78. The van der Waals surface area contributed by atoms with Crippen molar-refractivity contribution in [1.82, 2.24) is 0 Å². The van der Waals surface area contributed by atoms with Crippen LogP contribution < -0.4 is 5.46 Å². The number of phenols is 1. The first-order chi connectivity index (χ1) is 6.61. The first-order valence-corrected chi connectivity index (χ1v) is 3.39. The van der Waals surface area contributed by atoms with E-state index >= 15 is 0 Å². The second-order valence-corrected chi connectivity index (χ2v) is 2.33. The van der Waals surface area contributed by atoms with Crippen LogP contribution in [-0.4, -0.2) is 22.7 Å². The van der Waals surface area contributed by atoms with Crippen LogP contribution in [0.15, 0.2) is 12.1 Å². The third-order valence-corrected chi connectivity index (χ3v) is 1.54. The third kappa shape index (κ3) is 1.83. The van der Waals surface area contributed by atoms with E-state index in [1.807, 2.05) is 0 Å². The van der Waals surface area contributed by atoms with Crippen molar-refractivity contribution in [2.45, 2.75) is 0 Å². The predicted octanol–water partition coefficient (Wildman–Crippen LogP) is 0.345. The molecule has 0 heterocycles. The largest absolute Gasteiger partial charge is 0.560 e. The van der Waals surface area contributed by atoms with Gasteiger partial charge in [-0.1, -0.05) is 0 Å². The SMILES string of the molecule is OOB(OO)c1c(F)ccc(F)c1O. The van der Waals surface area contributed by atoms with Gasteiger partial charge in [-0.2, -0.15) is 0 Å². The summed E-state index contributed by atoms with van der Waals surface area (Å²) < 4.78 is 25.6. The van der Waals surface area contributed by atoms with Crippen molar-refractivity contribution in [1.29, 1.82) is 0 Å². The molecule has 0 aromatic heterocycles. The number of phenolic OH excluding ortho intramolecular Hbond substituents is 1. The molecule has 1 aromatic carbocycles. The predicted molar refractivity (Wildman–Crippen MR) is 40.8 cm³/mol. The second-order valence-electron chi connectivity index (χ2n) is 2.33. The quantitative estimate of drug-likeness (QED) is 0.377. The van der Waals surface area contributed by atoms with Gasteiger partial charge in [0.25, 0.3) is 0 Å². The Morgan fingerprint density at radius 1 is 1.07 bits per heavy atom. The Hall–Kier alpha value is -1.22. The van der Waals surface area contributed by atoms with Gasteiger partial charge >= 0.3 is 7.12 Å². The summed E-state index contributed by atoms with van der Waals surface area (Å²) in [7, 11) is -2.01. The third-order valence-electron chi connectivity index (χ3n) is 1.54. The summed E-state index contributed by atoms with van der Waals surface area (Å²) in [5, 5.41) is 25.3. The van der Waals surface area contributed by atoms with Gasteiger partial charge in [-0.25, -0.2) is 8.78 Å². The molecule has 0 bridgehead atoms. The summed E-state index contributed by atoms with van der Waals surface area (Å²) in [6.45, 7) is 0. The smallest absolute Gasteiger partial charge is 0.505 e. The highest BCUT2D eigenvalue weighted by Crippen LogP contribution is 2.15. The highest BCUT2D eigenvalue weighted by Gasteiger charge is 2.31. The number of benzene rings is 1. The van der Waals surface area contributed by atoms with Crippen LogP contribution in [0, 0.1) is 11.6 Å². The molecular formula is C6H5BF2O5. The molecule has 8 heteroatoms. The van der Waals surface area contributed by atoms with Crippen molar-refractivity contribution < 1.29 is 34.0 Å². The molecule has 0 aliphatic rings. The van der Waals surface area contributed by atoms with Crippen LogP contribution in [0.5, 0.6) is 5.75 Å². The van der Waals surface area contributed by atoms with Crippen molar-refractivity contribution in [2.24, 2.45) is 0 Å². The molecule has 14 heavy (non-hydrogen) atoms. The van der Waals surface area contributed by atoms with Gasteiger partial charge in [0, 0.05) is 0 Å². The van der Waals surface area contributed by atoms with E-state index in [9.17, 15) is 8.78 Å². The topological polar surface area (TPSA) is 79.2 Å². The van der Waals surface area contributed by atoms with Crippen LogP contribution in [0.1, 0.15) is 0 Å². The molecule has 1 rings (SSSR count). The van der Waals surface area contributed by atoms with Crippen molar-refractivity contribution in [3.63, 3.8) is 0 Å². The van der Waals surface area contributed by atoms with Crippen molar-refractivity contribution in [3.05, 3.63) is 23.8 Å². The van der Waals surface area contributed by atoms with E-state index in [0.29, 0.717) is 12.1 Å². The number of hydrogen-bond donors (Lipinski definition) is 3. The zero-order chi connectivity index (χ0) is 10.7. The normalized spacial score (nSPS) is 10.3. The molecule has 0 saturated heterocycles. The number of rotatable bonds is 3. The molecule has 0 fully saturated rings. The first kappa shape index (κ1) is 10.9. The summed E-state index contributed by atoms with van der Waals surface area (Å²) in [6, 6.07) is 1.34. The van der Waals surface area contributed by atoms with Crippen molar-refractivity contribution in [2.75, 3.05) is 0 Å². The fraction of sp³-hybridized carbons (Fsp3) is 0. The van der Waals surface area contributed by atoms with Crippen LogP contribution in [0.4, 0.5) is 8.78 Å². The van der Waals surface area contributed by atoms with Crippen LogP contribution >= 0.6 is 0 Å². The van der Waals surface area contributed by atoms with E-state index in [-0.39, 0.29) is 0 Å². The molecule has 0 aliphatic carbocycles. The minimum atomic E-state index is -2.01. The molecule has 0 saturated carbocycles. The van der Waals surface area contributed by atoms with Crippen LogP contribution in [0.25, 0.3) is 0 Å². The zero-order valence-electron chi connectivity index (χ0n) is 6.65. The minimum Gasteiger partial charge on any atom is -0.505 e. The van der Waals surface area contributed by atoms with E-state index in [2.05, 4.69) is 9.61 Å². The average Bonchev–Trinajstić information content (AvgIpc) is 2.19. The fourth-order valence-electron chi connectivity index (χ4n) is 0.906. The highest BCUT2D eigenvalue weighted by molar-refractivity contribution is 6.61. The maximum atomic E-state index is 12.9. The highest BCUT2D eigenvalue weighted by atomic mass is 19.1. The monoisotopic (exact) mass is 206 g/mol. The fourth-order valence-corrected chi connectivity index (χ4v) is 0.906. The van der Waals surface area contributed by atoms with Crippen molar-refractivity contribution >= 4 is 12.6 Å². The molecule has 0 atom stereocenters. The molecule has 0 aliphatic heterocycles. The lowest BCUT2D eigenvalue weighted by molar-refractivity contribution is -0.221. The molecule has 3 N–H and O–H groups in total. The van der Waals surface area contributed by atoms with E-state index in [1.165, 1.54) is 0 Å². The summed E-state index contributed by atoms with van der Waals surface area (Å²) in [4.78, 5) is 6.93. The van der Waals surface area contributed by atoms with Gasteiger partial charge in [0.15, 0.2) is 11.6 Å². The summed E-state index contributed by atoms with van der Waals surface area (Å²) in [5.74, 6) is -3.35. The van der Waals surface area contributed by atoms with Gasteiger partial charge < -0.3 is 5.11 Å². The summed E-state index contributed by atoms with van der Waals surface area (Å²) in [6.07, 6.45) is 0. The van der Waals surface area contributed by atoms with Gasteiger partial charge in [-0.3, -0.25) is 20.1 Å². The second kappa shape index (κ2) is 4.33. The molecule has 0 radical (unpaired) electrons. The molecule has 76 valence electrons. The Labute approximate surface area is 77.1 Å². The standard InChI is InChI=1S/C6H5BF2O5/c8-3-1-2-4(9)6(10)5(3)7(13-11)14-12/h1-2,10-12H. The van der Waals surface area contributed by atoms with E-state index < -0.39 is 30.0 Å². The van der Waals surface area contributed by atoms with Crippen molar-refractivity contribution in [3.8, 4) is 5.75 Å². The Bertz CT molecular complexity index is 330. The Balaban J connectivity index is 3.23.